The Morgan fingerprint density at radius 3 is 2.60 bits per heavy atom. The van der Waals surface area contributed by atoms with Crippen LogP contribution in [0.1, 0.15) is 37.6 Å². The Kier molecular flexibility index (Phi) is 4.41. The van der Waals surface area contributed by atoms with Gasteiger partial charge in [-0.25, -0.2) is 8.42 Å². The lowest BCUT2D eigenvalue weighted by atomic mass is 10.1. The summed E-state index contributed by atoms with van der Waals surface area (Å²) in [5.74, 6) is 0.377. The minimum absolute atomic E-state index is 0.117. The number of nitrogens with zero attached hydrogens (tertiary/aromatic N) is 3. The smallest absolute Gasteiger partial charge is 0.247 e. The van der Waals surface area contributed by atoms with Crippen LogP contribution in [0.5, 0.6) is 5.75 Å². The van der Waals surface area contributed by atoms with Crippen LogP contribution in [0.4, 0.5) is 0 Å². The minimum Gasteiger partial charge on any atom is -0.495 e. The molecule has 2 aromatic rings. The Morgan fingerprint density at radius 1 is 1.24 bits per heavy atom. The number of hydrogen-bond acceptors (Lipinski definition) is 4. The molecule has 0 N–H and O–H groups in total. The van der Waals surface area contributed by atoms with Crippen molar-refractivity contribution in [1.29, 1.82) is 0 Å². The molecule has 0 saturated carbocycles. The third kappa shape index (κ3) is 3.18. The van der Waals surface area contributed by atoms with Gasteiger partial charge in [-0.2, -0.15) is 9.40 Å². The molecule has 0 amide bonds. The number of fused-ring (bicyclic) bond motifs is 1. The zero-order chi connectivity index (χ0) is 18.4. The predicted octanol–water partition coefficient (Wildman–Crippen LogP) is 2.70. The maximum Gasteiger partial charge on any atom is 0.247 e. The van der Waals surface area contributed by atoms with E-state index in [1.54, 1.807) is 18.3 Å². The first-order chi connectivity index (χ1) is 11.6. The molecule has 7 heteroatoms. The van der Waals surface area contributed by atoms with E-state index in [0.29, 0.717) is 25.3 Å². The highest BCUT2D eigenvalue weighted by molar-refractivity contribution is 7.89. The second-order valence-electron chi connectivity index (χ2n) is 7.44. The van der Waals surface area contributed by atoms with Crippen LogP contribution in [-0.2, 0) is 28.5 Å². The van der Waals surface area contributed by atoms with Gasteiger partial charge in [0.2, 0.25) is 10.0 Å². The van der Waals surface area contributed by atoms with Crippen LogP contribution in [0.2, 0.25) is 0 Å². The number of aryl methyl sites for hydroxylation is 1. The first-order valence-electron chi connectivity index (χ1n) is 8.35. The van der Waals surface area contributed by atoms with Crippen molar-refractivity contribution in [2.45, 2.75) is 51.1 Å². The molecular weight excluding hydrogens is 338 g/mol. The summed E-state index contributed by atoms with van der Waals surface area (Å²) in [6.45, 7) is 8.95. The average Bonchev–Trinajstić information content (AvgIpc) is 2.98. The molecule has 0 radical (unpaired) electrons. The molecule has 6 nitrogen and oxygen atoms in total. The molecule has 0 aliphatic carbocycles. The third-order valence-electron chi connectivity index (χ3n) is 4.47. The molecule has 1 aliphatic rings. The monoisotopic (exact) mass is 363 g/mol. The van der Waals surface area contributed by atoms with Gasteiger partial charge in [0.1, 0.15) is 10.6 Å². The molecule has 1 aromatic carbocycles. The maximum absolute atomic E-state index is 13.2. The van der Waals surface area contributed by atoms with Gasteiger partial charge in [-0.15, -0.1) is 0 Å². The molecule has 25 heavy (non-hydrogen) atoms. The van der Waals surface area contributed by atoms with Crippen LogP contribution in [0, 0.1) is 6.92 Å². The van der Waals surface area contributed by atoms with Gasteiger partial charge in [0.25, 0.3) is 0 Å². The van der Waals surface area contributed by atoms with E-state index in [2.05, 4.69) is 25.9 Å². The second-order valence-corrected chi connectivity index (χ2v) is 9.35. The lowest BCUT2D eigenvalue weighted by Crippen LogP contribution is -2.37. The van der Waals surface area contributed by atoms with Crippen LogP contribution >= 0.6 is 0 Å². The van der Waals surface area contributed by atoms with Gasteiger partial charge < -0.3 is 4.74 Å². The summed E-state index contributed by atoms with van der Waals surface area (Å²) < 4.78 is 35.1. The quantitative estimate of drug-likeness (QED) is 0.841. The van der Waals surface area contributed by atoms with Crippen molar-refractivity contribution in [3.05, 3.63) is 41.2 Å². The van der Waals surface area contributed by atoms with Gasteiger partial charge >= 0.3 is 0 Å². The summed E-state index contributed by atoms with van der Waals surface area (Å²) in [7, 11) is -2.13. The molecule has 2 heterocycles. The Bertz CT molecular complexity index is 895. The number of aromatic nitrogens is 2. The van der Waals surface area contributed by atoms with E-state index >= 15 is 0 Å². The van der Waals surface area contributed by atoms with Gasteiger partial charge in [-0.05, 0) is 45.4 Å². The highest BCUT2D eigenvalue weighted by atomic mass is 32.2. The summed E-state index contributed by atoms with van der Waals surface area (Å²) in [6, 6.07) is 5.22. The summed E-state index contributed by atoms with van der Waals surface area (Å²) >= 11 is 0. The molecule has 0 fully saturated rings. The topological polar surface area (TPSA) is 64.4 Å². The number of sulfonamides is 1. The van der Waals surface area contributed by atoms with Gasteiger partial charge in [-0.1, -0.05) is 6.07 Å². The van der Waals surface area contributed by atoms with Gasteiger partial charge in [-0.3, -0.25) is 4.68 Å². The van der Waals surface area contributed by atoms with Crippen molar-refractivity contribution in [2.24, 2.45) is 0 Å². The Morgan fingerprint density at radius 2 is 1.96 bits per heavy atom. The summed E-state index contributed by atoms with van der Waals surface area (Å²) in [4.78, 5) is 0.224. The van der Waals surface area contributed by atoms with E-state index in [1.807, 2.05) is 17.7 Å². The molecule has 0 bridgehead atoms. The van der Waals surface area contributed by atoms with E-state index in [1.165, 1.54) is 11.4 Å². The molecule has 3 rings (SSSR count). The fraction of sp³-hybridized carbons (Fsp3) is 0.500. The lowest BCUT2D eigenvalue weighted by Gasteiger charge is -2.30. The Balaban J connectivity index is 1.97. The van der Waals surface area contributed by atoms with E-state index in [0.717, 1.165) is 16.8 Å². The minimum atomic E-state index is -3.62. The number of ether oxygens (including phenoxy) is 1. The molecule has 1 aliphatic heterocycles. The molecular formula is C18H25N3O3S. The molecule has 0 saturated heterocycles. The molecule has 1 aromatic heterocycles. The summed E-state index contributed by atoms with van der Waals surface area (Å²) in [5.41, 5.74) is 2.86. The lowest BCUT2D eigenvalue weighted by molar-refractivity contribution is 0.324. The number of methoxy groups -OCH3 is 1. The average molecular weight is 363 g/mol. The van der Waals surface area contributed by atoms with Crippen LogP contribution in [0.25, 0.3) is 0 Å². The van der Waals surface area contributed by atoms with E-state index in [-0.39, 0.29) is 10.4 Å². The van der Waals surface area contributed by atoms with Crippen LogP contribution in [0.15, 0.2) is 29.3 Å². The third-order valence-corrected chi connectivity index (χ3v) is 6.34. The second kappa shape index (κ2) is 6.14. The number of rotatable bonds is 3. The van der Waals surface area contributed by atoms with Crippen LogP contribution in [-0.4, -0.2) is 36.2 Å². The predicted molar refractivity (Wildman–Crippen MR) is 96.3 cm³/mol. The van der Waals surface area contributed by atoms with Gasteiger partial charge in [0.15, 0.2) is 0 Å². The van der Waals surface area contributed by atoms with Crippen LogP contribution < -0.4 is 4.74 Å². The standard InChI is InChI=1S/C18H25N3O3S/c1-13-6-7-16(24-5)17(10-13)25(22,23)20-9-8-15-14(12-20)11-19-21(15)18(2,3)4/h6-7,10-11H,8-9,12H2,1-5H3. The van der Waals surface area contributed by atoms with Gasteiger partial charge in [0.05, 0.1) is 18.8 Å². The molecule has 0 spiro atoms. The zero-order valence-electron chi connectivity index (χ0n) is 15.4. The van der Waals surface area contributed by atoms with Crippen molar-refractivity contribution in [3.63, 3.8) is 0 Å². The first-order valence-corrected chi connectivity index (χ1v) is 9.79. The Labute approximate surface area is 149 Å². The maximum atomic E-state index is 13.2. The van der Waals surface area contributed by atoms with Crippen molar-refractivity contribution in [3.8, 4) is 5.75 Å². The molecule has 0 atom stereocenters. The van der Waals surface area contributed by atoms with E-state index < -0.39 is 10.0 Å². The largest absolute Gasteiger partial charge is 0.495 e. The fourth-order valence-electron chi connectivity index (χ4n) is 3.21. The summed E-state index contributed by atoms with van der Waals surface area (Å²) in [5, 5.41) is 4.48. The van der Waals surface area contributed by atoms with Crippen LogP contribution in [0.3, 0.4) is 0 Å². The SMILES string of the molecule is COc1ccc(C)cc1S(=O)(=O)N1CCc2c(cnn2C(C)(C)C)C1. The van der Waals surface area contributed by atoms with Gasteiger partial charge in [0, 0.05) is 30.8 Å². The highest BCUT2D eigenvalue weighted by Crippen LogP contribution is 2.32. The zero-order valence-corrected chi connectivity index (χ0v) is 16.2. The molecule has 136 valence electrons. The van der Waals surface area contributed by atoms with E-state index in [4.69, 9.17) is 4.74 Å². The van der Waals surface area contributed by atoms with Crippen molar-refractivity contribution < 1.29 is 13.2 Å². The first kappa shape index (κ1) is 17.9. The number of benzene rings is 1. The summed E-state index contributed by atoms with van der Waals surface area (Å²) in [6.07, 6.45) is 2.44. The van der Waals surface area contributed by atoms with Crippen molar-refractivity contribution >= 4 is 10.0 Å². The normalized spacial score (nSPS) is 15.9. The van der Waals surface area contributed by atoms with Crippen molar-refractivity contribution in [1.82, 2.24) is 14.1 Å². The highest BCUT2D eigenvalue weighted by Gasteiger charge is 2.33. The van der Waals surface area contributed by atoms with E-state index in [9.17, 15) is 8.42 Å². The number of hydrogen-bond donors (Lipinski definition) is 0. The Hall–Kier alpha value is -1.86. The fourth-order valence-corrected chi connectivity index (χ4v) is 4.87. The van der Waals surface area contributed by atoms with Crippen molar-refractivity contribution in [2.75, 3.05) is 13.7 Å². The molecule has 0 unspecified atom stereocenters.